The molecular formula is C41H80O5. The van der Waals surface area contributed by atoms with E-state index >= 15 is 0 Å². The van der Waals surface area contributed by atoms with Gasteiger partial charge in [0.25, 0.3) is 0 Å². The molecule has 1 heterocycles. The molecule has 0 aromatic heterocycles. The Bertz CT molecular complexity index is 927. The van der Waals surface area contributed by atoms with E-state index in [2.05, 4.69) is 130 Å². The van der Waals surface area contributed by atoms with Crippen molar-refractivity contribution in [2.45, 2.75) is 182 Å². The lowest BCUT2D eigenvalue weighted by Crippen LogP contribution is -2.24. The molecule has 5 heteroatoms. The van der Waals surface area contributed by atoms with Crippen molar-refractivity contribution in [2.24, 2.45) is 10.8 Å². The zero-order valence-electron chi connectivity index (χ0n) is 35.1. The molecule has 0 aromatic rings. The second-order valence-electron chi connectivity index (χ2n) is 17.8. The minimum Gasteiger partial charge on any atom is -0.457 e. The lowest BCUT2D eigenvalue weighted by molar-refractivity contribution is -0.149. The van der Waals surface area contributed by atoms with E-state index in [0.29, 0.717) is 22.5 Å². The molecule has 1 unspecified atom stereocenters. The standard InChI is InChI=1S/C10H18O2.C10H20O.C9H18O.C6H12O.C6H12/c1-7(2)8(3)9(11)12-10(4,5)6;1-8(2)9(3)7-11-10(4,5)6;1-8(2)6-7-10-9(3,4)5;1-6(2,3)5-4-7-5;1-5-6(2,3)4/h1-6H3;7H2,1-6H3;6H,7H2,1-5H3;5H,4H2,1-3H3;5H,1H2,2-4H3. The summed E-state index contributed by atoms with van der Waals surface area (Å²) in [5, 5.41) is 0. The molecule has 0 radical (unpaired) electrons. The van der Waals surface area contributed by atoms with E-state index < -0.39 is 5.60 Å². The van der Waals surface area contributed by atoms with Crippen LogP contribution in [0.2, 0.25) is 0 Å². The summed E-state index contributed by atoms with van der Waals surface area (Å²) in [5.74, 6) is -0.220. The average molecular weight is 653 g/mol. The Kier molecular flexibility index (Phi) is 25.4. The van der Waals surface area contributed by atoms with Crippen LogP contribution in [-0.4, -0.2) is 48.7 Å². The van der Waals surface area contributed by atoms with E-state index in [9.17, 15) is 4.79 Å². The van der Waals surface area contributed by atoms with Crippen LogP contribution in [0.25, 0.3) is 0 Å². The van der Waals surface area contributed by atoms with Gasteiger partial charge < -0.3 is 18.9 Å². The molecule has 1 aliphatic rings. The second kappa shape index (κ2) is 22.8. The smallest absolute Gasteiger partial charge is 0.334 e. The number of carbonyl (C=O) groups excluding carboxylic acids is 1. The molecule has 1 aliphatic heterocycles. The average Bonchev–Trinajstić information content (AvgIpc) is 3.66. The van der Waals surface area contributed by atoms with Gasteiger partial charge in [0.1, 0.15) is 5.60 Å². The highest BCUT2D eigenvalue weighted by molar-refractivity contribution is 5.88. The summed E-state index contributed by atoms with van der Waals surface area (Å²) in [4.78, 5) is 11.3. The predicted molar refractivity (Wildman–Crippen MR) is 204 cm³/mol. The minimum absolute atomic E-state index is 0.00799. The summed E-state index contributed by atoms with van der Waals surface area (Å²) < 4.78 is 21.3. The quantitative estimate of drug-likeness (QED) is 0.128. The molecule has 5 nitrogen and oxygen atoms in total. The van der Waals surface area contributed by atoms with Gasteiger partial charge in [0, 0.05) is 5.57 Å². The number of epoxide rings is 1. The summed E-state index contributed by atoms with van der Waals surface area (Å²) >= 11 is 0. The van der Waals surface area contributed by atoms with E-state index in [1.807, 2.05) is 40.7 Å². The highest BCUT2D eigenvalue weighted by Crippen LogP contribution is 2.30. The summed E-state index contributed by atoms with van der Waals surface area (Å²) in [5.41, 5.74) is 5.98. The van der Waals surface area contributed by atoms with Gasteiger partial charge in [-0.2, -0.15) is 0 Å². The van der Waals surface area contributed by atoms with Gasteiger partial charge in [-0.15, -0.1) is 6.58 Å². The maximum atomic E-state index is 11.3. The molecule has 0 aliphatic carbocycles. The summed E-state index contributed by atoms with van der Waals surface area (Å²) in [7, 11) is 0. The lowest BCUT2D eigenvalue weighted by atomic mass is 9.93. The highest BCUT2D eigenvalue weighted by atomic mass is 16.6. The van der Waals surface area contributed by atoms with Crippen LogP contribution in [0, 0.1) is 10.8 Å². The minimum atomic E-state index is -0.395. The Labute approximate surface area is 288 Å². The third kappa shape index (κ3) is 44.4. The molecule has 274 valence electrons. The fraction of sp³-hybridized carbons (Fsp3) is 0.780. The highest BCUT2D eigenvalue weighted by Gasteiger charge is 2.35. The van der Waals surface area contributed by atoms with Gasteiger partial charge in [0.05, 0.1) is 37.1 Å². The first-order chi connectivity index (χ1) is 20.1. The van der Waals surface area contributed by atoms with Gasteiger partial charge in [-0.3, -0.25) is 0 Å². The molecule has 1 atom stereocenters. The van der Waals surface area contributed by atoms with Crippen molar-refractivity contribution < 1.29 is 23.7 Å². The van der Waals surface area contributed by atoms with Gasteiger partial charge in [-0.05, 0) is 134 Å². The Morgan fingerprint density at radius 1 is 0.696 bits per heavy atom. The zero-order chi connectivity index (χ0) is 37.9. The molecule has 0 aromatic carbocycles. The van der Waals surface area contributed by atoms with Gasteiger partial charge >= 0.3 is 5.97 Å². The van der Waals surface area contributed by atoms with Crippen molar-refractivity contribution in [1.29, 1.82) is 0 Å². The van der Waals surface area contributed by atoms with Crippen LogP contribution in [0.15, 0.2) is 46.6 Å². The fourth-order valence-electron chi connectivity index (χ4n) is 2.03. The Morgan fingerprint density at radius 3 is 1.28 bits per heavy atom. The molecule has 0 N–H and O–H groups in total. The van der Waals surface area contributed by atoms with Gasteiger partial charge in [0.2, 0.25) is 0 Å². The van der Waals surface area contributed by atoms with E-state index in [1.165, 1.54) is 16.7 Å². The van der Waals surface area contributed by atoms with Crippen LogP contribution in [0.4, 0.5) is 0 Å². The van der Waals surface area contributed by atoms with E-state index in [1.54, 1.807) is 6.92 Å². The largest absolute Gasteiger partial charge is 0.457 e. The Morgan fingerprint density at radius 2 is 1.09 bits per heavy atom. The van der Waals surface area contributed by atoms with Gasteiger partial charge in [0.15, 0.2) is 0 Å². The van der Waals surface area contributed by atoms with Crippen LogP contribution < -0.4 is 0 Å². The summed E-state index contributed by atoms with van der Waals surface area (Å²) in [6.07, 6.45) is 4.57. The Balaban J connectivity index is -0.000000244. The van der Waals surface area contributed by atoms with Crippen LogP contribution in [0.3, 0.4) is 0 Å². The third-order valence-electron chi connectivity index (χ3n) is 5.95. The van der Waals surface area contributed by atoms with Crippen molar-refractivity contribution in [3.8, 4) is 0 Å². The molecule has 1 saturated heterocycles. The lowest BCUT2D eigenvalue weighted by Gasteiger charge is -2.20. The molecule has 0 amide bonds. The number of hydrogen-bond acceptors (Lipinski definition) is 5. The number of esters is 1. The number of carbonyl (C=O) groups is 1. The zero-order valence-corrected chi connectivity index (χ0v) is 35.1. The van der Waals surface area contributed by atoms with Crippen LogP contribution in [-0.2, 0) is 23.7 Å². The molecule has 46 heavy (non-hydrogen) atoms. The molecule has 1 rings (SSSR count). The van der Waals surface area contributed by atoms with E-state index in [-0.39, 0.29) is 17.2 Å². The van der Waals surface area contributed by atoms with Crippen molar-refractivity contribution in [1.82, 2.24) is 0 Å². The molecule has 0 bridgehead atoms. The summed E-state index contributed by atoms with van der Waals surface area (Å²) in [6, 6.07) is 0. The Hall–Kier alpha value is -1.69. The molecule has 1 fully saturated rings. The topological polar surface area (TPSA) is 57.3 Å². The van der Waals surface area contributed by atoms with Gasteiger partial charge in [-0.25, -0.2) is 4.79 Å². The predicted octanol–water partition coefficient (Wildman–Crippen LogP) is 12.3. The fourth-order valence-corrected chi connectivity index (χ4v) is 2.03. The van der Waals surface area contributed by atoms with Crippen molar-refractivity contribution in [3.05, 3.63) is 46.6 Å². The number of rotatable bonds is 5. The number of hydrogen-bond donors (Lipinski definition) is 0. The van der Waals surface area contributed by atoms with E-state index in [4.69, 9.17) is 18.9 Å². The third-order valence-corrected chi connectivity index (χ3v) is 5.95. The van der Waals surface area contributed by atoms with E-state index in [0.717, 1.165) is 25.4 Å². The monoisotopic (exact) mass is 653 g/mol. The first-order valence-corrected chi connectivity index (χ1v) is 16.8. The SMILES string of the molecule is C=CC(C)(C)C.CC(C)(C)C1CO1.CC(C)=C(C)C(=O)OC(C)(C)C.CC(C)=C(C)COC(C)(C)C.CC(C)=CCOC(C)(C)C. The second-order valence-corrected chi connectivity index (χ2v) is 17.8. The maximum Gasteiger partial charge on any atom is 0.334 e. The van der Waals surface area contributed by atoms with Crippen molar-refractivity contribution >= 4 is 5.97 Å². The summed E-state index contributed by atoms with van der Waals surface area (Å²) in [6.45, 7) is 53.1. The molecule has 0 spiro atoms. The normalized spacial score (nSPS) is 14.1. The van der Waals surface area contributed by atoms with Crippen LogP contribution >= 0.6 is 0 Å². The number of ether oxygens (including phenoxy) is 4. The molecular weight excluding hydrogens is 572 g/mol. The van der Waals surface area contributed by atoms with Crippen molar-refractivity contribution in [2.75, 3.05) is 19.8 Å². The van der Waals surface area contributed by atoms with Gasteiger partial charge in [-0.1, -0.05) is 70.4 Å². The van der Waals surface area contributed by atoms with Crippen molar-refractivity contribution in [3.63, 3.8) is 0 Å². The maximum absolute atomic E-state index is 11.3. The first-order valence-electron chi connectivity index (χ1n) is 16.8. The molecule has 0 saturated carbocycles. The van der Waals surface area contributed by atoms with Crippen LogP contribution in [0.1, 0.15) is 159 Å². The number of allylic oxidation sites excluding steroid dienone is 4. The van der Waals surface area contributed by atoms with Crippen LogP contribution in [0.5, 0.6) is 0 Å². The first kappa shape index (κ1) is 51.2.